The average Bonchev–Trinajstić information content (AvgIpc) is 3.39. The summed E-state index contributed by atoms with van der Waals surface area (Å²) in [5.41, 5.74) is 5.91. The number of halogens is 2. The van der Waals surface area contributed by atoms with E-state index in [2.05, 4.69) is 37.0 Å². The highest BCUT2D eigenvalue weighted by Crippen LogP contribution is 2.32. The standard InChI is InChI=1S/C32H36F2N8O7/c1-3-7-22(30(47)41-23(31(48)49)9-4-5-14-35)40-26(44)12-11-25(43)39-21-10-6-8-19-20(13-15-37-28(19)21)29(46)38-17-27(45)42-18-32(33,34)16-24(42)36-2/h1,6,8,10,13,15,22-24H,4-5,7,9,11-12,14,16-18,35H2,(H,38,46)(H,39,43)(H,40,44)(H,41,47)(H,48,49)/t22-,23-,24-/m0/s1. The third kappa shape index (κ3) is 10.7. The number of fused-ring (bicyclic) bond motifs is 1. The summed E-state index contributed by atoms with van der Waals surface area (Å²) in [7, 11) is 0. The van der Waals surface area contributed by atoms with Crippen molar-refractivity contribution < 1.29 is 42.7 Å². The molecule has 2 aromatic rings. The molecule has 0 saturated carbocycles. The van der Waals surface area contributed by atoms with Crippen LogP contribution in [0.4, 0.5) is 14.5 Å². The molecule has 49 heavy (non-hydrogen) atoms. The van der Waals surface area contributed by atoms with E-state index in [0.717, 1.165) is 4.90 Å². The molecule has 3 rings (SSSR count). The van der Waals surface area contributed by atoms with Crippen molar-refractivity contribution in [2.75, 3.05) is 25.0 Å². The van der Waals surface area contributed by atoms with Crippen molar-refractivity contribution in [3.05, 3.63) is 47.4 Å². The summed E-state index contributed by atoms with van der Waals surface area (Å²) in [6.45, 7) is 5.91. The number of carbonyl (C=O) groups is 6. The van der Waals surface area contributed by atoms with Gasteiger partial charge in [0.2, 0.25) is 23.6 Å². The van der Waals surface area contributed by atoms with E-state index in [4.69, 9.17) is 18.7 Å². The maximum absolute atomic E-state index is 13.7. The Labute approximate surface area is 280 Å². The third-order valence-electron chi connectivity index (χ3n) is 7.52. The number of nitrogens with zero attached hydrogens (tertiary/aromatic N) is 3. The predicted molar refractivity (Wildman–Crippen MR) is 171 cm³/mol. The summed E-state index contributed by atoms with van der Waals surface area (Å²) in [5, 5.41) is 19.5. The third-order valence-corrected chi connectivity index (χ3v) is 7.52. The first kappa shape index (κ1) is 37.8. The van der Waals surface area contributed by atoms with E-state index in [1.54, 1.807) is 6.07 Å². The molecule has 3 atom stereocenters. The van der Waals surface area contributed by atoms with E-state index in [-0.39, 0.29) is 42.5 Å². The number of hydrogen-bond donors (Lipinski definition) is 6. The van der Waals surface area contributed by atoms with Crippen molar-refractivity contribution in [1.82, 2.24) is 25.8 Å². The zero-order valence-corrected chi connectivity index (χ0v) is 26.3. The van der Waals surface area contributed by atoms with Crippen molar-refractivity contribution in [3.63, 3.8) is 0 Å². The summed E-state index contributed by atoms with van der Waals surface area (Å²) < 4.78 is 27.5. The van der Waals surface area contributed by atoms with E-state index < -0.39 is 79.2 Å². The number of unbranched alkanes of at least 4 members (excludes halogenated alkanes) is 1. The fourth-order valence-corrected chi connectivity index (χ4v) is 5.05. The van der Waals surface area contributed by atoms with Gasteiger partial charge in [-0.2, -0.15) is 0 Å². The minimum Gasteiger partial charge on any atom is -0.480 e. The van der Waals surface area contributed by atoms with Crippen molar-refractivity contribution in [2.45, 2.75) is 69.1 Å². The van der Waals surface area contributed by atoms with Gasteiger partial charge in [-0.25, -0.2) is 20.1 Å². The average molecular weight is 683 g/mol. The zero-order valence-electron chi connectivity index (χ0n) is 26.3. The van der Waals surface area contributed by atoms with Crippen LogP contribution in [0, 0.1) is 18.9 Å². The van der Waals surface area contributed by atoms with Gasteiger partial charge in [0.05, 0.1) is 29.9 Å². The number of carbonyl (C=O) groups excluding carboxylic acids is 5. The summed E-state index contributed by atoms with van der Waals surface area (Å²) in [6.07, 6.45) is 4.79. The van der Waals surface area contributed by atoms with Crippen LogP contribution in [0.15, 0.2) is 30.5 Å². The lowest BCUT2D eigenvalue weighted by atomic mass is 10.1. The maximum Gasteiger partial charge on any atom is 0.326 e. The molecule has 0 radical (unpaired) electrons. The Bertz CT molecular complexity index is 1670. The number of carboxylic acids is 1. The number of benzene rings is 1. The molecule has 1 saturated heterocycles. The van der Waals surface area contributed by atoms with Crippen LogP contribution in [0.2, 0.25) is 0 Å². The maximum atomic E-state index is 13.7. The van der Waals surface area contributed by atoms with Crippen molar-refractivity contribution in [3.8, 4) is 12.3 Å². The largest absolute Gasteiger partial charge is 0.480 e. The molecule has 7 N–H and O–H groups in total. The van der Waals surface area contributed by atoms with Gasteiger partial charge in [-0.3, -0.25) is 38.7 Å². The molecule has 1 aromatic carbocycles. The number of para-hydroxylation sites is 1. The lowest BCUT2D eigenvalue weighted by Gasteiger charge is -2.20. The van der Waals surface area contributed by atoms with Gasteiger partial charge in [-0.15, -0.1) is 12.3 Å². The number of terminal acetylenes is 1. The smallest absolute Gasteiger partial charge is 0.326 e. The second kappa shape index (κ2) is 17.5. The molecule has 0 aliphatic carbocycles. The van der Waals surface area contributed by atoms with Gasteiger partial charge < -0.3 is 32.1 Å². The van der Waals surface area contributed by atoms with Gasteiger partial charge >= 0.3 is 12.1 Å². The zero-order chi connectivity index (χ0) is 36.1. The van der Waals surface area contributed by atoms with E-state index in [1.165, 1.54) is 24.4 Å². The Morgan fingerprint density at radius 3 is 2.53 bits per heavy atom. The summed E-state index contributed by atoms with van der Waals surface area (Å²) in [5.74, 6) is -5.82. The molecule has 15 nitrogen and oxygen atoms in total. The van der Waals surface area contributed by atoms with E-state index in [0.29, 0.717) is 24.8 Å². The molecule has 1 aromatic heterocycles. The number of alkyl halides is 2. The van der Waals surface area contributed by atoms with Gasteiger partial charge in [-0.1, -0.05) is 12.1 Å². The normalized spacial score (nSPS) is 16.0. The van der Waals surface area contributed by atoms with Crippen molar-refractivity contribution in [2.24, 2.45) is 5.73 Å². The molecule has 260 valence electrons. The number of hydrogen-bond acceptors (Lipinski definition) is 8. The predicted octanol–water partition coefficient (Wildman–Crippen LogP) is 1.00. The number of rotatable bonds is 16. The van der Waals surface area contributed by atoms with Gasteiger partial charge in [-0.05, 0) is 37.9 Å². The van der Waals surface area contributed by atoms with Crippen LogP contribution in [0.5, 0.6) is 0 Å². The first-order chi connectivity index (χ1) is 23.3. The van der Waals surface area contributed by atoms with Crippen LogP contribution in [-0.4, -0.2) is 94.3 Å². The van der Waals surface area contributed by atoms with Gasteiger partial charge in [0.15, 0.2) is 0 Å². The van der Waals surface area contributed by atoms with Crippen LogP contribution < -0.4 is 27.0 Å². The fourth-order valence-electron chi connectivity index (χ4n) is 5.05. The van der Waals surface area contributed by atoms with Crippen molar-refractivity contribution in [1.29, 1.82) is 0 Å². The molecule has 0 unspecified atom stereocenters. The first-order valence-electron chi connectivity index (χ1n) is 15.3. The number of likely N-dealkylation sites (tertiary alicyclic amines) is 1. The quantitative estimate of drug-likeness (QED) is 0.0845. The number of nitrogens with two attached hydrogens (primary N) is 1. The van der Waals surface area contributed by atoms with Crippen LogP contribution in [0.3, 0.4) is 0 Å². The molecule has 1 aliphatic heterocycles. The molecule has 1 fully saturated rings. The van der Waals surface area contributed by atoms with Crippen LogP contribution in [0.25, 0.3) is 15.7 Å². The Kier molecular flexibility index (Phi) is 13.5. The highest BCUT2D eigenvalue weighted by Gasteiger charge is 2.50. The van der Waals surface area contributed by atoms with Crippen LogP contribution in [0.1, 0.15) is 55.3 Å². The number of anilines is 1. The highest BCUT2D eigenvalue weighted by molar-refractivity contribution is 6.10. The molecule has 5 amide bonds. The first-order valence-corrected chi connectivity index (χ1v) is 15.3. The Morgan fingerprint density at radius 2 is 1.86 bits per heavy atom. The van der Waals surface area contributed by atoms with Gasteiger partial charge in [0.25, 0.3) is 11.8 Å². The van der Waals surface area contributed by atoms with Gasteiger partial charge in [0.1, 0.15) is 18.5 Å². The molecular formula is C32H36F2N8O7. The lowest BCUT2D eigenvalue weighted by molar-refractivity contribution is -0.142. The van der Waals surface area contributed by atoms with E-state index >= 15 is 0 Å². The lowest BCUT2D eigenvalue weighted by Crippen LogP contribution is -2.51. The fraction of sp³-hybridized carbons (Fsp3) is 0.438. The Hall–Kier alpha value is -5.68. The second-order valence-corrected chi connectivity index (χ2v) is 11.2. The van der Waals surface area contributed by atoms with Crippen molar-refractivity contribution >= 4 is 52.1 Å². The molecule has 0 bridgehead atoms. The number of amides is 5. The minimum atomic E-state index is -3.19. The topological polar surface area (TPSA) is 217 Å². The molecular weight excluding hydrogens is 646 g/mol. The van der Waals surface area contributed by atoms with E-state index in [1.807, 2.05) is 0 Å². The Balaban J connectivity index is 1.59. The Morgan fingerprint density at radius 1 is 1.12 bits per heavy atom. The monoisotopic (exact) mass is 682 g/mol. The number of nitrogens with one attached hydrogen (secondary N) is 4. The van der Waals surface area contributed by atoms with Crippen LogP contribution in [-0.2, 0) is 24.0 Å². The van der Waals surface area contributed by atoms with Gasteiger partial charge in [0, 0.05) is 30.8 Å². The number of aromatic nitrogens is 1. The second-order valence-electron chi connectivity index (χ2n) is 11.2. The molecule has 0 spiro atoms. The number of pyridine rings is 1. The number of aliphatic carboxylic acids is 1. The highest BCUT2D eigenvalue weighted by atomic mass is 19.3. The van der Waals surface area contributed by atoms with Crippen LogP contribution >= 0.6 is 0 Å². The molecule has 2 heterocycles. The summed E-state index contributed by atoms with van der Waals surface area (Å²) in [4.78, 5) is 83.1. The number of carboxylic acid groups (broad SMARTS) is 1. The summed E-state index contributed by atoms with van der Waals surface area (Å²) >= 11 is 0. The van der Waals surface area contributed by atoms with E-state index in [9.17, 15) is 42.7 Å². The SMILES string of the molecule is [C-]#[N+][C@@H]1CC(F)(F)CN1C(=O)CNC(=O)c1ccnc2c(NC(=O)CCC(=O)N[C@@H](CC#C)C(=O)N[C@@H](CCCCN)C(=O)O)cccc12. The molecule has 17 heteroatoms. The molecule has 1 aliphatic rings. The minimum absolute atomic E-state index is 0.0732. The summed E-state index contributed by atoms with van der Waals surface area (Å²) in [6, 6.07) is 3.52.